The first-order chi connectivity index (χ1) is 7.66. The van der Waals surface area contributed by atoms with Crippen molar-refractivity contribution in [3.8, 4) is 0 Å². The average molecular weight is 228 g/mol. The Morgan fingerprint density at radius 2 is 2.31 bits per heavy atom. The molecule has 0 aromatic heterocycles. The van der Waals surface area contributed by atoms with Gasteiger partial charge in [0.25, 0.3) is 0 Å². The monoisotopic (exact) mass is 228 g/mol. The molecule has 2 N–H and O–H groups in total. The van der Waals surface area contributed by atoms with Crippen LogP contribution in [0.4, 0.5) is 0 Å². The molecule has 16 heavy (non-hydrogen) atoms. The normalized spacial score (nSPS) is 24.2. The molecule has 0 radical (unpaired) electrons. The second-order valence-electron chi connectivity index (χ2n) is 4.64. The molecule has 1 heterocycles. The van der Waals surface area contributed by atoms with E-state index in [2.05, 4.69) is 24.1 Å². The van der Waals surface area contributed by atoms with Crippen LogP contribution >= 0.6 is 0 Å². The van der Waals surface area contributed by atoms with Crippen LogP contribution in [0.5, 0.6) is 0 Å². The van der Waals surface area contributed by atoms with E-state index in [1.807, 2.05) is 0 Å². The number of hydrogen-bond acceptors (Lipinski definition) is 3. The molecule has 2 unspecified atom stereocenters. The zero-order valence-electron chi connectivity index (χ0n) is 10.4. The van der Waals surface area contributed by atoms with Crippen molar-refractivity contribution in [3.63, 3.8) is 0 Å². The van der Waals surface area contributed by atoms with Crippen LogP contribution in [0.25, 0.3) is 0 Å². The van der Waals surface area contributed by atoms with Gasteiger partial charge in [0.15, 0.2) is 0 Å². The fourth-order valence-corrected chi connectivity index (χ4v) is 2.33. The minimum absolute atomic E-state index is 0.342. The fourth-order valence-electron chi connectivity index (χ4n) is 2.33. The van der Waals surface area contributed by atoms with Crippen LogP contribution in [0.3, 0.4) is 0 Å². The topological polar surface area (TPSA) is 52.6 Å². The van der Waals surface area contributed by atoms with Crippen molar-refractivity contribution >= 4 is 5.97 Å². The van der Waals surface area contributed by atoms with Crippen molar-refractivity contribution in [2.45, 2.75) is 51.6 Å². The number of carboxylic acid groups (broad SMARTS) is 1. The highest BCUT2D eigenvalue weighted by atomic mass is 16.4. The van der Waals surface area contributed by atoms with Gasteiger partial charge in [-0.1, -0.05) is 26.2 Å². The Bertz CT molecular complexity index is 221. The van der Waals surface area contributed by atoms with Gasteiger partial charge in [0.1, 0.15) is 6.04 Å². The van der Waals surface area contributed by atoms with Crippen molar-refractivity contribution in [1.29, 1.82) is 0 Å². The first-order valence-electron chi connectivity index (χ1n) is 6.36. The molecular weight excluding hydrogens is 204 g/mol. The largest absolute Gasteiger partial charge is 0.480 e. The second kappa shape index (κ2) is 6.86. The smallest absolute Gasteiger partial charge is 0.322 e. The molecule has 1 saturated heterocycles. The molecule has 4 nitrogen and oxygen atoms in total. The van der Waals surface area contributed by atoms with E-state index >= 15 is 0 Å². The zero-order valence-corrected chi connectivity index (χ0v) is 10.4. The Morgan fingerprint density at radius 1 is 1.56 bits per heavy atom. The quantitative estimate of drug-likeness (QED) is 0.673. The molecule has 1 aliphatic heterocycles. The number of rotatable bonds is 6. The van der Waals surface area contributed by atoms with Crippen molar-refractivity contribution in [1.82, 2.24) is 10.2 Å². The van der Waals surface area contributed by atoms with E-state index in [-0.39, 0.29) is 6.04 Å². The molecule has 0 aliphatic carbocycles. The predicted molar refractivity (Wildman–Crippen MR) is 64.6 cm³/mol. The fraction of sp³-hybridized carbons (Fsp3) is 0.917. The molecule has 2 atom stereocenters. The highest BCUT2D eigenvalue weighted by Crippen LogP contribution is 2.14. The summed E-state index contributed by atoms with van der Waals surface area (Å²) in [4.78, 5) is 13.3. The molecule has 0 amide bonds. The summed E-state index contributed by atoms with van der Waals surface area (Å²) in [7, 11) is 0. The lowest BCUT2D eigenvalue weighted by Crippen LogP contribution is -2.57. The van der Waals surface area contributed by atoms with Crippen LogP contribution < -0.4 is 5.32 Å². The molecule has 0 saturated carbocycles. The number of carbonyl (C=O) groups is 1. The third-order valence-electron chi connectivity index (χ3n) is 3.36. The molecule has 0 aromatic carbocycles. The van der Waals surface area contributed by atoms with Gasteiger partial charge in [-0.25, -0.2) is 0 Å². The lowest BCUT2D eigenvalue weighted by atomic mass is 10.0. The van der Waals surface area contributed by atoms with Crippen molar-refractivity contribution in [2.24, 2.45) is 0 Å². The van der Waals surface area contributed by atoms with Crippen LogP contribution in [0.15, 0.2) is 0 Å². The Morgan fingerprint density at radius 3 is 2.94 bits per heavy atom. The number of unbranched alkanes of at least 4 members (excludes halogenated alkanes) is 2. The van der Waals surface area contributed by atoms with Crippen molar-refractivity contribution < 1.29 is 9.90 Å². The molecular formula is C12H24N2O2. The van der Waals surface area contributed by atoms with Crippen molar-refractivity contribution in [3.05, 3.63) is 0 Å². The third-order valence-corrected chi connectivity index (χ3v) is 3.36. The summed E-state index contributed by atoms with van der Waals surface area (Å²) in [6, 6.07) is 0.0418. The van der Waals surface area contributed by atoms with Gasteiger partial charge < -0.3 is 10.4 Å². The summed E-state index contributed by atoms with van der Waals surface area (Å²) in [5.41, 5.74) is 0. The van der Waals surface area contributed by atoms with Gasteiger partial charge >= 0.3 is 5.97 Å². The number of aliphatic carboxylic acids is 1. The van der Waals surface area contributed by atoms with E-state index in [4.69, 9.17) is 5.11 Å². The minimum atomic E-state index is -0.699. The van der Waals surface area contributed by atoms with E-state index in [1.54, 1.807) is 0 Å². The summed E-state index contributed by atoms with van der Waals surface area (Å²) < 4.78 is 0. The van der Waals surface area contributed by atoms with Gasteiger partial charge in [-0.2, -0.15) is 0 Å². The van der Waals surface area contributed by atoms with Crippen LogP contribution in [-0.2, 0) is 4.79 Å². The van der Waals surface area contributed by atoms with Gasteiger partial charge in [-0.15, -0.1) is 0 Å². The van der Waals surface area contributed by atoms with E-state index in [9.17, 15) is 4.79 Å². The Kier molecular flexibility index (Phi) is 5.77. The highest BCUT2D eigenvalue weighted by Gasteiger charge is 2.30. The number of hydrogen-bond donors (Lipinski definition) is 2. The van der Waals surface area contributed by atoms with Gasteiger partial charge in [0, 0.05) is 25.7 Å². The lowest BCUT2D eigenvalue weighted by molar-refractivity contribution is -0.145. The molecule has 0 aromatic rings. The maximum Gasteiger partial charge on any atom is 0.322 e. The maximum atomic E-state index is 11.1. The summed E-state index contributed by atoms with van der Waals surface area (Å²) >= 11 is 0. The standard InChI is InChI=1S/C12H24N2O2/c1-3-4-5-6-10(2)14-8-7-13-9-11(14)12(15)16/h10-11,13H,3-9H2,1-2H3,(H,15,16). The van der Waals surface area contributed by atoms with E-state index in [0.29, 0.717) is 12.6 Å². The van der Waals surface area contributed by atoms with Gasteiger partial charge in [0.05, 0.1) is 0 Å². The van der Waals surface area contributed by atoms with Crippen LogP contribution in [0, 0.1) is 0 Å². The Labute approximate surface area is 98.0 Å². The molecule has 0 spiro atoms. The van der Waals surface area contributed by atoms with Crippen LogP contribution in [0.1, 0.15) is 39.5 Å². The zero-order chi connectivity index (χ0) is 12.0. The molecule has 1 rings (SSSR count). The van der Waals surface area contributed by atoms with Crippen molar-refractivity contribution in [2.75, 3.05) is 19.6 Å². The second-order valence-corrected chi connectivity index (χ2v) is 4.64. The molecule has 1 aliphatic rings. The van der Waals surface area contributed by atoms with E-state index in [1.165, 1.54) is 19.3 Å². The maximum absolute atomic E-state index is 11.1. The summed E-state index contributed by atoms with van der Waals surface area (Å²) in [5.74, 6) is -0.699. The van der Waals surface area contributed by atoms with Gasteiger partial charge in [0.2, 0.25) is 0 Å². The molecule has 1 fully saturated rings. The first-order valence-corrected chi connectivity index (χ1v) is 6.36. The minimum Gasteiger partial charge on any atom is -0.480 e. The van der Waals surface area contributed by atoms with Gasteiger partial charge in [-0.3, -0.25) is 9.69 Å². The molecule has 0 bridgehead atoms. The van der Waals surface area contributed by atoms with E-state index < -0.39 is 5.97 Å². The molecule has 4 heteroatoms. The summed E-state index contributed by atoms with van der Waals surface area (Å²) in [6.07, 6.45) is 4.77. The molecule has 94 valence electrons. The summed E-state index contributed by atoms with van der Waals surface area (Å²) in [5, 5.41) is 12.3. The SMILES string of the molecule is CCCCCC(C)N1CCNCC1C(=O)O. The third kappa shape index (κ3) is 3.76. The number of carboxylic acids is 1. The van der Waals surface area contributed by atoms with Crippen LogP contribution in [0.2, 0.25) is 0 Å². The first kappa shape index (κ1) is 13.5. The highest BCUT2D eigenvalue weighted by molar-refractivity contribution is 5.74. The number of nitrogens with one attached hydrogen (secondary N) is 1. The average Bonchev–Trinajstić information content (AvgIpc) is 2.29. The number of piperazine rings is 1. The Hall–Kier alpha value is -0.610. The summed E-state index contributed by atoms with van der Waals surface area (Å²) in [6.45, 7) is 6.67. The lowest BCUT2D eigenvalue weighted by Gasteiger charge is -2.38. The predicted octanol–water partition coefficient (Wildman–Crippen LogP) is 1.31. The number of nitrogens with zero attached hydrogens (tertiary/aromatic N) is 1. The van der Waals surface area contributed by atoms with Crippen LogP contribution in [-0.4, -0.2) is 47.7 Å². The van der Waals surface area contributed by atoms with E-state index in [0.717, 1.165) is 19.5 Å². The Balaban J connectivity index is 2.43. The van der Waals surface area contributed by atoms with Gasteiger partial charge in [-0.05, 0) is 13.3 Å².